The van der Waals surface area contributed by atoms with E-state index in [0.717, 1.165) is 30.0 Å². The maximum atomic E-state index is 9.69. The van der Waals surface area contributed by atoms with E-state index in [1.54, 1.807) is 12.1 Å². The van der Waals surface area contributed by atoms with Gasteiger partial charge in [-0.15, -0.1) is 0 Å². The molecule has 2 aromatic rings. The lowest BCUT2D eigenvalue weighted by atomic mass is 10.0. The summed E-state index contributed by atoms with van der Waals surface area (Å²) in [7, 11) is 0. The summed E-state index contributed by atoms with van der Waals surface area (Å²) in [5.41, 5.74) is 1.93. The number of para-hydroxylation sites is 2. The fourth-order valence-electron chi connectivity index (χ4n) is 2.80. The van der Waals surface area contributed by atoms with Crippen molar-refractivity contribution < 1.29 is 14.9 Å². The molecule has 1 aliphatic rings. The Balaban J connectivity index is 1.99. The van der Waals surface area contributed by atoms with Crippen molar-refractivity contribution in [1.29, 1.82) is 0 Å². The molecule has 1 atom stereocenters. The Morgan fingerprint density at radius 1 is 1.10 bits per heavy atom. The van der Waals surface area contributed by atoms with Crippen molar-refractivity contribution in [1.82, 2.24) is 0 Å². The summed E-state index contributed by atoms with van der Waals surface area (Å²) in [6.07, 6.45) is 0.934. The molecule has 1 aliphatic heterocycles. The highest BCUT2D eigenvalue weighted by molar-refractivity contribution is 5.60. The third-order valence-corrected chi connectivity index (χ3v) is 3.85. The van der Waals surface area contributed by atoms with Crippen LogP contribution in [0.25, 0.3) is 0 Å². The van der Waals surface area contributed by atoms with Gasteiger partial charge in [-0.05, 0) is 43.2 Å². The van der Waals surface area contributed by atoms with Crippen LogP contribution in [0, 0.1) is 0 Å². The van der Waals surface area contributed by atoms with E-state index in [9.17, 15) is 10.2 Å². The van der Waals surface area contributed by atoms with E-state index in [1.807, 2.05) is 24.3 Å². The predicted octanol–water partition coefficient (Wildman–Crippen LogP) is 3.45. The number of ether oxygens (including phenoxy) is 1. The van der Waals surface area contributed by atoms with Crippen molar-refractivity contribution >= 4 is 5.69 Å². The summed E-state index contributed by atoms with van der Waals surface area (Å²) >= 11 is 0. The molecule has 0 aliphatic carbocycles. The molecule has 4 nitrogen and oxygen atoms in total. The van der Waals surface area contributed by atoms with Crippen LogP contribution in [0.2, 0.25) is 0 Å². The molecule has 0 fully saturated rings. The number of phenolic OH excluding ortho intramolecular Hbond substituents is 2. The maximum absolute atomic E-state index is 9.69. The van der Waals surface area contributed by atoms with Gasteiger partial charge in [-0.25, -0.2) is 0 Å². The van der Waals surface area contributed by atoms with Crippen molar-refractivity contribution in [2.45, 2.75) is 19.4 Å². The van der Waals surface area contributed by atoms with Crippen LogP contribution in [-0.4, -0.2) is 23.4 Å². The number of benzene rings is 2. The monoisotopic (exact) mass is 285 g/mol. The zero-order chi connectivity index (χ0) is 14.8. The highest BCUT2D eigenvalue weighted by Crippen LogP contribution is 2.37. The van der Waals surface area contributed by atoms with Crippen LogP contribution in [0.4, 0.5) is 5.69 Å². The van der Waals surface area contributed by atoms with Crippen LogP contribution in [0.1, 0.15) is 24.9 Å². The number of anilines is 1. The summed E-state index contributed by atoms with van der Waals surface area (Å²) in [6.45, 7) is 3.64. The number of aromatic hydroxyl groups is 2. The highest BCUT2D eigenvalue weighted by atomic mass is 16.5. The van der Waals surface area contributed by atoms with Crippen LogP contribution >= 0.6 is 0 Å². The van der Waals surface area contributed by atoms with Gasteiger partial charge in [0.1, 0.15) is 17.2 Å². The number of rotatable bonds is 2. The molecule has 2 N–H and O–H groups in total. The second-order valence-corrected chi connectivity index (χ2v) is 5.32. The topological polar surface area (TPSA) is 52.9 Å². The molecule has 4 heteroatoms. The normalized spacial score (nSPS) is 15.8. The van der Waals surface area contributed by atoms with Crippen LogP contribution in [0.5, 0.6) is 17.2 Å². The van der Waals surface area contributed by atoms with Gasteiger partial charge in [0.15, 0.2) is 0 Å². The summed E-state index contributed by atoms with van der Waals surface area (Å²) in [5.74, 6) is 1.04. The lowest BCUT2D eigenvalue weighted by Gasteiger charge is -2.31. The van der Waals surface area contributed by atoms with E-state index in [4.69, 9.17) is 4.74 Å². The molecule has 2 aromatic carbocycles. The Morgan fingerprint density at radius 3 is 2.57 bits per heavy atom. The minimum Gasteiger partial charge on any atom is -0.508 e. The van der Waals surface area contributed by atoms with E-state index >= 15 is 0 Å². The largest absolute Gasteiger partial charge is 0.508 e. The van der Waals surface area contributed by atoms with Crippen molar-refractivity contribution in [3.05, 3.63) is 48.0 Å². The van der Waals surface area contributed by atoms with Gasteiger partial charge in [-0.2, -0.15) is 0 Å². The smallest absolute Gasteiger partial charge is 0.142 e. The first-order valence-corrected chi connectivity index (χ1v) is 7.16. The van der Waals surface area contributed by atoms with Gasteiger partial charge in [0, 0.05) is 12.6 Å². The van der Waals surface area contributed by atoms with Crippen LogP contribution in [0.15, 0.2) is 42.5 Å². The molecular weight excluding hydrogens is 266 g/mol. The van der Waals surface area contributed by atoms with E-state index in [0.29, 0.717) is 6.61 Å². The van der Waals surface area contributed by atoms with E-state index < -0.39 is 0 Å². The minimum absolute atomic E-state index is 0.0332. The molecule has 110 valence electrons. The quantitative estimate of drug-likeness (QED) is 0.887. The molecule has 0 saturated carbocycles. The predicted molar refractivity (Wildman–Crippen MR) is 82.1 cm³/mol. The number of fused-ring (bicyclic) bond motifs is 1. The zero-order valence-electron chi connectivity index (χ0n) is 12.0. The summed E-state index contributed by atoms with van der Waals surface area (Å²) in [4.78, 5) is 2.25. The third kappa shape index (κ3) is 2.75. The first kappa shape index (κ1) is 13.6. The van der Waals surface area contributed by atoms with Crippen LogP contribution < -0.4 is 9.64 Å². The molecule has 0 bridgehead atoms. The average Bonchev–Trinajstić information content (AvgIpc) is 2.68. The number of phenols is 2. The van der Waals surface area contributed by atoms with Gasteiger partial charge in [0.2, 0.25) is 0 Å². The van der Waals surface area contributed by atoms with Crippen LogP contribution in [-0.2, 0) is 0 Å². The summed E-state index contributed by atoms with van der Waals surface area (Å²) in [6, 6.07) is 12.7. The first-order chi connectivity index (χ1) is 10.1. The van der Waals surface area contributed by atoms with Crippen molar-refractivity contribution in [3.63, 3.8) is 0 Å². The Labute approximate surface area is 124 Å². The Kier molecular flexibility index (Phi) is 3.60. The number of nitrogens with zero attached hydrogens (tertiary/aromatic N) is 1. The molecule has 0 aromatic heterocycles. The molecule has 0 spiro atoms. The van der Waals surface area contributed by atoms with Gasteiger partial charge in [0.05, 0.1) is 18.3 Å². The van der Waals surface area contributed by atoms with Crippen molar-refractivity contribution in [2.75, 3.05) is 18.1 Å². The minimum atomic E-state index is 0.0332. The summed E-state index contributed by atoms with van der Waals surface area (Å²) in [5, 5.41) is 19.4. The second-order valence-electron chi connectivity index (χ2n) is 5.32. The molecule has 1 heterocycles. The Morgan fingerprint density at radius 2 is 1.81 bits per heavy atom. The fourth-order valence-corrected chi connectivity index (χ4v) is 2.80. The Hall–Kier alpha value is -2.36. The first-order valence-electron chi connectivity index (χ1n) is 7.16. The fraction of sp³-hybridized carbons (Fsp3) is 0.294. The second kappa shape index (κ2) is 5.56. The molecule has 0 saturated heterocycles. The molecular formula is C17H19NO3. The summed E-state index contributed by atoms with van der Waals surface area (Å²) < 4.78 is 5.77. The lowest BCUT2D eigenvalue weighted by Crippen LogP contribution is -2.27. The van der Waals surface area contributed by atoms with Gasteiger partial charge < -0.3 is 19.8 Å². The van der Waals surface area contributed by atoms with Gasteiger partial charge in [-0.3, -0.25) is 0 Å². The zero-order valence-corrected chi connectivity index (χ0v) is 12.0. The SMILES string of the molecule is CC(c1cc(O)cc(O)c1)N1CCCOc2ccccc21. The molecule has 3 rings (SSSR count). The number of hydrogen-bond acceptors (Lipinski definition) is 4. The standard InChI is InChI=1S/C17H19NO3/c1-12(13-9-14(19)11-15(20)10-13)18-7-4-8-21-17-6-3-2-5-16(17)18/h2-3,5-6,9-12,19-20H,4,7-8H2,1H3. The molecule has 1 unspecified atom stereocenters. The molecule has 21 heavy (non-hydrogen) atoms. The average molecular weight is 285 g/mol. The lowest BCUT2D eigenvalue weighted by molar-refractivity contribution is 0.322. The van der Waals surface area contributed by atoms with Gasteiger partial charge in [0.25, 0.3) is 0 Å². The third-order valence-electron chi connectivity index (χ3n) is 3.85. The maximum Gasteiger partial charge on any atom is 0.142 e. The Bertz CT molecular complexity index is 621. The van der Waals surface area contributed by atoms with Gasteiger partial charge in [-0.1, -0.05) is 12.1 Å². The van der Waals surface area contributed by atoms with E-state index in [1.165, 1.54) is 6.07 Å². The molecule has 0 radical (unpaired) electrons. The van der Waals surface area contributed by atoms with Crippen molar-refractivity contribution in [2.24, 2.45) is 0 Å². The van der Waals surface area contributed by atoms with E-state index in [2.05, 4.69) is 11.8 Å². The van der Waals surface area contributed by atoms with Crippen LogP contribution in [0.3, 0.4) is 0 Å². The van der Waals surface area contributed by atoms with E-state index in [-0.39, 0.29) is 17.5 Å². The highest BCUT2D eigenvalue weighted by Gasteiger charge is 2.22. The molecule has 0 amide bonds. The number of hydrogen-bond donors (Lipinski definition) is 2. The van der Waals surface area contributed by atoms with Crippen molar-refractivity contribution in [3.8, 4) is 17.2 Å². The van der Waals surface area contributed by atoms with Gasteiger partial charge >= 0.3 is 0 Å².